The van der Waals surface area contributed by atoms with E-state index >= 15 is 0 Å². The van der Waals surface area contributed by atoms with Crippen LogP contribution in [0.3, 0.4) is 0 Å². The highest BCUT2D eigenvalue weighted by atomic mass is 32.1. The number of aromatic nitrogens is 4. The van der Waals surface area contributed by atoms with E-state index in [9.17, 15) is 9.90 Å². The van der Waals surface area contributed by atoms with Gasteiger partial charge in [-0.2, -0.15) is 9.61 Å². The van der Waals surface area contributed by atoms with Gasteiger partial charge < -0.3 is 5.11 Å². The molecule has 3 rings (SSSR count). The molecule has 1 aliphatic carbocycles. The van der Waals surface area contributed by atoms with Crippen LogP contribution >= 0.6 is 11.3 Å². The van der Waals surface area contributed by atoms with Gasteiger partial charge in [0.2, 0.25) is 4.96 Å². The van der Waals surface area contributed by atoms with Crippen LogP contribution in [-0.4, -0.2) is 30.9 Å². The van der Waals surface area contributed by atoms with Crippen molar-refractivity contribution in [3.05, 3.63) is 23.5 Å². The summed E-state index contributed by atoms with van der Waals surface area (Å²) in [6, 6.07) is 0. The monoisotopic (exact) mass is 250 g/mol. The van der Waals surface area contributed by atoms with E-state index in [4.69, 9.17) is 0 Å². The van der Waals surface area contributed by atoms with Crippen LogP contribution in [0.5, 0.6) is 0 Å². The Morgan fingerprint density at radius 1 is 1.47 bits per heavy atom. The molecule has 0 saturated heterocycles. The molecule has 1 aliphatic rings. The molecule has 0 radical (unpaired) electrons. The molecule has 0 fully saturated rings. The highest BCUT2D eigenvalue weighted by molar-refractivity contribution is 7.16. The van der Waals surface area contributed by atoms with Gasteiger partial charge in [0.1, 0.15) is 11.3 Å². The van der Waals surface area contributed by atoms with Crippen LogP contribution in [0, 0.1) is 5.92 Å². The van der Waals surface area contributed by atoms with Crippen molar-refractivity contribution in [2.75, 3.05) is 0 Å². The van der Waals surface area contributed by atoms with Gasteiger partial charge in [0, 0.05) is 5.92 Å². The maximum absolute atomic E-state index is 11.2. The smallest absolute Gasteiger partial charge is 0.307 e. The van der Waals surface area contributed by atoms with Gasteiger partial charge >= 0.3 is 5.97 Å². The predicted molar refractivity (Wildman–Crippen MR) is 60.9 cm³/mol. The molecule has 1 N–H and O–H groups in total. The number of fused-ring (bicyclic) bond motifs is 1. The van der Waals surface area contributed by atoms with Gasteiger partial charge in [-0.25, -0.2) is 0 Å². The lowest BCUT2D eigenvalue weighted by atomic mass is 9.83. The summed E-state index contributed by atoms with van der Waals surface area (Å²) in [4.78, 5) is 11.9. The van der Waals surface area contributed by atoms with E-state index in [1.54, 1.807) is 4.52 Å². The Morgan fingerprint density at radius 3 is 3.06 bits per heavy atom. The third-order valence-corrected chi connectivity index (χ3v) is 4.01. The third-order valence-electron chi connectivity index (χ3n) is 2.97. The first kappa shape index (κ1) is 10.4. The number of aliphatic carboxylic acids is 1. The summed E-state index contributed by atoms with van der Waals surface area (Å²) in [5.74, 6) is -1.20. The second-order valence-corrected chi connectivity index (χ2v) is 4.98. The van der Waals surface area contributed by atoms with Gasteiger partial charge in [-0.15, -0.1) is 10.2 Å². The summed E-state index contributed by atoms with van der Waals surface area (Å²) in [6.45, 7) is 0. The zero-order valence-corrected chi connectivity index (χ0v) is 9.67. The average Bonchev–Trinajstić information content (AvgIpc) is 2.88. The lowest BCUT2D eigenvalue weighted by Crippen LogP contribution is -2.23. The van der Waals surface area contributed by atoms with Crippen molar-refractivity contribution in [3.8, 4) is 0 Å². The summed E-state index contributed by atoms with van der Waals surface area (Å²) in [7, 11) is 0. The second kappa shape index (κ2) is 3.92. The second-order valence-electron chi connectivity index (χ2n) is 3.99. The Balaban J connectivity index is 1.99. The lowest BCUT2D eigenvalue weighted by molar-refractivity contribution is -0.142. The first-order chi connectivity index (χ1) is 8.25. The van der Waals surface area contributed by atoms with Crippen LogP contribution in [0.2, 0.25) is 0 Å². The van der Waals surface area contributed by atoms with E-state index in [1.807, 2.05) is 12.2 Å². The lowest BCUT2D eigenvalue weighted by Gasteiger charge is -2.22. The minimum atomic E-state index is -0.759. The minimum absolute atomic E-state index is 0.0517. The summed E-state index contributed by atoms with van der Waals surface area (Å²) in [5, 5.41) is 22.0. The molecule has 0 amide bonds. The number of hydrogen-bond acceptors (Lipinski definition) is 5. The van der Waals surface area contributed by atoms with Crippen LogP contribution in [0.15, 0.2) is 18.5 Å². The van der Waals surface area contributed by atoms with Gasteiger partial charge in [0.15, 0.2) is 0 Å². The number of hydrogen-bond donors (Lipinski definition) is 1. The van der Waals surface area contributed by atoms with Gasteiger partial charge in [-0.05, 0) is 12.8 Å². The summed E-state index contributed by atoms with van der Waals surface area (Å²) >= 11 is 1.41. The van der Waals surface area contributed by atoms with Crippen molar-refractivity contribution >= 4 is 22.3 Å². The fourth-order valence-corrected chi connectivity index (χ4v) is 3.08. The summed E-state index contributed by atoms with van der Waals surface area (Å²) in [5.41, 5.74) is 0. The minimum Gasteiger partial charge on any atom is -0.481 e. The Kier molecular flexibility index (Phi) is 2.40. The average molecular weight is 250 g/mol. The van der Waals surface area contributed by atoms with E-state index < -0.39 is 5.97 Å². The molecule has 2 heterocycles. The molecular formula is C10H10N4O2S. The molecule has 0 bridgehead atoms. The van der Waals surface area contributed by atoms with Crippen LogP contribution in [-0.2, 0) is 4.79 Å². The van der Waals surface area contributed by atoms with Gasteiger partial charge in [-0.1, -0.05) is 23.5 Å². The molecule has 0 saturated carbocycles. The van der Waals surface area contributed by atoms with Crippen molar-refractivity contribution in [1.29, 1.82) is 0 Å². The van der Waals surface area contributed by atoms with Gasteiger partial charge in [0.05, 0.1) is 5.92 Å². The van der Waals surface area contributed by atoms with Crippen molar-refractivity contribution in [1.82, 2.24) is 19.8 Å². The molecule has 0 spiro atoms. The number of carboxylic acids is 1. The molecule has 2 aromatic heterocycles. The Bertz CT molecular complexity index is 559. The number of allylic oxidation sites excluding steroid dienone is 2. The maximum Gasteiger partial charge on any atom is 0.307 e. The molecule has 0 aromatic carbocycles. The summed E-state index contributed by atoms with van der Waals surface area (Å²) in [6.07, 6.45) is 6.77. The number of rotatable bonds is 2. The topological polar surface area (TPSA) is 80.4 Å². The van der Waals surface area contributed by atoms with Crippen LogP contribution in [0.25, 0.3) is 4.96 Å². The number of carbonyl (C=O) groups is 1. The normalized spacial score (nSPS) is 24.2. The molecule has 6 nitrogen and oxygen atoms in total. The maximum atomic E-state index is 11.2. The SMILES string of the molecule is O=C(O)C1CC=CCC1c1nn2cnnc2s1. The largest absolute Gasteiger partial charge is 0.481 e. The van der Waals surface area contributed by atoms with Crippen LogP contribution in [0.1, 0.15) is 23.8 Å². The zero-order chi connectivity index (χ0) is 11.8. The molecule has 17 heavy (non-hydrogen) atoms. The summed E-state index contributed by atoms with van der Waals surface area (Å²) < 4.78 is 1.59. The fraction of sp³-hybridized carbons (Fsp3) is 0.400. The zero-order valence-electron chi connectivity index (χ0n) is 8.85. The molecule has 2 unspecified atom stereocenters. The number of carboxylic acid groups (broad SMARTS) is 1. The van der Waals surface area contributed by atoms with Crippen LogP contribution < -0.4 is 0 Å². The Labute approximate surface area is 101 Å². The molecule has 2 atom stereocenters. The van der Waals surface area contributed by atoms with E-state index in [0.717, 1.165) is 11.4 Å². The molecule has 0 aliphatic heterocycles. The van der Waals surface area contributed by atoms with E-state index in [0.29, 0.717) is 11.4 Å². The molecule has 2 aromatic rings. The first-order valence-electron chi connectivity index (χ1n) is 5.30. The highest BCUT2D eigenvalue weighted by Crippen LogP contribution is 2.36. The fourth-order valence-electron chi connectivity index (χ4n) is 2.09. The molecule has 88 valence electrons. The quantitative estimate of drug-likeness (QED) is 0.813. The standard InChI is InChI=1S/C10H10N4O2S/c15-9(16)7-4-2-1-3-6(7)8-13-14-5-11-12-10(14)17-8/h1-2,5-7H,3-4H2,(H,15,16). The molecule has 7 heteroatoms. The Hall–Kier alpha value is -1.76. The number of nitrogens with zero attached hydrogens (tertiary/aromatic N) is 4. The van der Waals surface area contributed by atoms with E-state index in [-0.39, 0.29) is 11.8 Å². The van der Waals surface area contributed by atoms with Crippen molar-refractivity contribution in [2.24, 2.45) is 5.92 Å². The van der Waals surface area contributed by atoms with Crippen molar-refractivity contribution < 1.29 is 9.90 Å². The van der Waals surface area contributed by atoms with Crippen molar-refractivity contribution in [2.45, 2.75) is 18.8 Å². The van der Waals surface area contributed by atoms with Gasteiger partial charge in [-0.3, -0.25) is 4.79 Å². The van der Waals surface area contributed by atoms with E-state index in [2.05, 4.69) is 15.3 Å². The molecular weight excluding hydrogens is 240 g/mol. The Morgan fingerprint density at radius 2 is 2.29 bits per heavy atom. The predicted octanol–water partition coefficient (Wildman–Crippen LogP) is 1.32. The van der Waals surface area contributed by atoms with E-state index in [1.165, 1.54) is 17.7 Å². The van der Waals surface area contributed by atoms with Crippen molar-refractivity contribution in [3.63, 3.8) is 0 Å². The first-order valence-corrected chi connectivity index (χ1v) is 6.12. The highest BCUT2D eigenvalue weighted by Gasteiger charge is 2.32. The third kappa shape index (κ3) is 1.72. The van der Waals surface area contributed by atoms with Crippen LogP contribution in [0.4, 0.5) is 0 Å². The van der Waals surface area contributed by atoms with Gasteiger partial charge in [0.25, 0.3) is 0 Å².